The van der Waals surface area contributed by atoms with E-state index in [1.807, 2.05) is 48.2 Å². The van der Waals surface area contributed by atoms with Crippen LogP contribution in [0.15, 0.2) is 29.4 Å². The molecule has 1 N–H and O–H groups in total. The van der Waals surface area contributed by atoms with E-state index in [4.69, 9.17) is 5.21 Å². The van der Waals surface area contributed by atoms with Crippen LogP contribution in [0.1, 0.15) is 30.1 Å². The van der Waals surface area contributed by atoms with E-state index in [9.17, 15) is 4.79 Å². The molecule has 5 heteroatoms. The summed E-state index contributed by atoms with van der Waals surface area (Å²) in [5.41, 5.74) is 2.59. The molecule has 114 valence electrons. The number of piperidine rings is 1. The number of likely N-dealkylation sites (tertiary alicyclic amines) is 1. The van der Waals surface area contributed by atoms with Crippen molar-refractivity contribution >= 4 is 17.3 Å². The van der Waals surface area contributed by atoms with Gasteiger partial charge in [-0.2, -0.15) is 0 Å². The monoisotopic (exact) mass is 289 g/mol. The van der Waals surface area contributed by atoms with Crippen molar-refractivity contribution in [3.8, 4) is 0 Å². The average molecular weight is 289 g/mol. The highest BCUT2D eigenvalue weighted by Crippen LogP contribution is 2.20. The van der Waals surface area contributed by atoms with E-state index in [-0.39, 0.29) is 11.8 Å². The lowest BCUT2D eigenvalue weighted by Crippen LogP contribution is -2.44. The minimum absolute atomic E-state index is 0.0516. The van der Waals surface area contributed by atoms with Gasteiger partial charge >= 0.3 is 0 Å². The third-order valence-corrected chi connectivity index (χ3v) is 4.09. The third-order valence-electron chi connectivity index (χ3n) is 4.09. The Morgan fingerprint density at radius 1 is 1.38 bits per heavy atom. The molecule has 1 fully saturated rings. The second-order valence-corrected chi connectivity index (χ2v) is 5.64. The number of nitrogens with zero attached hydrogens (tertiary/aromatic N) is 3. The molecule has 0 radical (unpaired) electrons. The van der Waals surface area contributed by atoms with Crippen LogP contribution < -0.4 is 4.90 Å². The van der Waals surface area contributed by atoms with Crippen LogP contribution in [-0.4, -0.2) is 48.9 Å². The topological polar surface area (TPSA) is 56.1 Å². The number of carbonyl (C=O) groups excluding carboxylic acids is 1. The number of rotatable bonds is 3. The summed E-state index contributed by atoms with van der Waals surface area (Å²) in [6.07, 6.45) is 1.53. The predicted octanol–water partition coefficient (Wildman–Crippen LogP) is 2.45. The summed E-state index contributed by atoms with van der Waals surface area (Å²) in [6.45, 7) is 3.30. The van der Waals surface area contributed by atoms with E-state index in [0.29, 0.717) is 25.1 Å². The van der Waals surface area contributed by atoms with Gasteiger partial charge in [-0.1, -0.05) is 12.1 Å². The van der Waals surface area contributed by atoms with Crippen LogP contribution in [0.5, 0.6) is 0 Å². The van der Waals surface area contributed by atoms with Crippen LogP contribution in [0.25, 0.3) is 0 Å². The number of benzene rings is 1. The quantitative estimate of drug-likeness (QED) is 0.687. The van der Waals surface area contributed by atoms with Crippen molar-refractivity contribution in [3.63, 3.8) is 0 Å². The van der Waals surface area contributed by atoms with E-state index < -0.39 is 0 Å². The first-order valence-electron chi connectivity index (χ1n) is 7.34. The molecule has 0 spiro atoms. The van der Waals surface area contributed by atoms with Crippen LogP contribution in [0.2, 0.25) is 0 Å². The Morgan fingerprint density at radius 3 is 2.57 bits per heavy atom. The normalized spacial score (nSPS) is 20.6. The number of anilines is 1. The van der Waals surface area contributed by atoms with Crippen molar-refractivity contribution in [3.05, 3.63) is 29.8 Å². The number of carbonyl (C=O) groups is 1. The first-order valence-corrected chi connectivity index (χ1v) is 7.34. The van der Waals surface area contributed by atoms with Crippen LogP contribution in [0, 0.1) is 5.92 Å². The fourth-order valence-electron chi connectivity index (χ4n) is 2.68. The van der Waals surface area contributed by atoms with Gasteiger partial charge in [0.25, 0.3) is 5.91 Å². The van der Waals surface area contributed by atoms with Crippen molar-refractivity contribution in [2.24, 2.45) is 11.1 Å². The van der Waals surface area contributed by atoms with Gasteiger partial charge in [-0.15, -0.1) is 0 Å². The second-order valence-electron chi connectivity index (χ2n) is 5.64. The van der Waals surface area contributed by atoms with Crippen LogP contribution in [0.3, 0.4) is 0 Å². The first kappa shape index (κ1) is 15.4. The molecule has 1 aliphatic rings. The van der Waals surface area contributed by atoms with Crippen LogP contribution in [-0.2, 0) is 0 Å². The summed E-state index contributed by atoms with van der Waals surface area (Å²) < 4.78 is 0. The van der Waals surface area contributed by atoms with Gasteiger partial charge in [0.15, 0.2) is 0 Å². The highest BCUT2D eigenvalue weighted by atomic mass is 16.4. The number of amides is 1. The Kier molecular flexibility index (Phi) is 4.83. The molecule has 1 heterocycles. The Bertz CT molecular complexity index is 523. The minimum atomic E-state index is 0.0516. The Labute approximate surface area is 125 Å². The van der Waals surface area contributed by atoms with Gasteiger partial charge in [-0.3, -0.25) is 4.79 Å². The summed E-state index contributed by atoms with van der Waals surface area (Å²) >= 11 is 0. The highest BCUT2D eigenvalue weighted by Gasteiger charge is 2.28. The zero-order valence-electron chi connectivity index (χ0n) is 12.9. The van der Waals surface area contributed by atoms with E-state index in [1.54, 1.807) is 0 Å². The van der Waals surface area contributed by atoms with Crippen molar-refractivity contribution in [2.75, 3.05) is 32.1 Å². The summed E-state index contributed by atoms with van der Waals surface area (Å²) in [6, 6.07) is 7.65. The van der Waals surface area contributed by atoms with E-state index in [0.717, 1.165) is 17.8 Å². The maximum Gasteiger partial charge on any atom is 0.253 e. The molecule has 1 aliphatic heterocycles. The number of oxime groups is 1. The molecule has 1 aromatic rings. The molecule has 21 heavy (non-hydrogen) atoms. The first-order chi connectivity index (χ1) is 10.1. The molecule has 0 saturated carbocycles. The zero-order chi connectivity index (χ0) is 15.4. The molecule has 1 atom stereocenters. The van der Waals surface area contributed by atoms with Crippen molar-refractivity contribution in [2.45, 2.75) is 19.8 Å². The molecule has 2 rings (SSSR count). The Balaban J connectivity index is 2.09. The van der Waals surface area contributed by atoms with Gasteiger partial charge < -0.3 is 15.0 Å². The van der Waals surface area contributed by atoms with Gasteiger partial charge in [-0.05, 0) is 30.7 Å². The van der Waals surface area contributed by atoms with Gasteiger partial charge in [0, 0.05) is 50.8 Å². The molecule has 1 saturated heterocycles. The lowest BCUT2D eigenvalue weighted by atomic mass is 9.93. The van der Waals surface area contributed by atoms with Gasteiger partial charge in [0.05, 0.1) is 5.71 Å². The summed E-state index contributed by atoms with van der Waals surface area (Å²) in [5.74, 6) is 0.212. The average Bonchev–Trinajstić information content (AvgIpc) is 2.53. The predicted molar refractivity (Wildman–Crippen MR) is 84.3 cm³/mol. The molecular weight excluding hydrogens is 266 g/mol. The molecular formula is C16H23N3O2. The molecule has 0 bridgehead atoms. The van der Waals surface area contributed by atoms with Crippen LogP contribution in [0.4, 0.5) is 5.69 Å². The third kappa shape index (κ3) is 3.35. The maximum atomic E-state index is 12.5. The SMILES string of the molecule is CCC1CN(C(=O)c2ccc(N(C)C)cc2)CC/C1=N\O. The lowest BCUT2D eigenvalue weighted by Gasteiger charge is -2.33. The van der Waals surface area contributed by atoms with Crippen molar-refractivity contribution in [1.82, 2.24) is 4.90 Å². The molecule has 1 aromatic carbocycles. The molecule has 5 nitrogen and oxygen atoms in total. The number of hydrogen-bond acceptors (Lipinski definition) is 4. The fourth-order valence-corrected chi connectivity index (χ4v) is 2.68. The van der Waals surface area contributed by atoms with Crippen LogP contribution >= 0.6 is 0 Å². The van der Waals surface area contributed by atoms with E-state index in [1.165, 1.54) is 0 Å². The fraction of sp³-hybridized carbons (Fsp3) is 0.500. The van der Waals surface area contributed by atoms with Crippen molar-refractivity contribution < 1.29 is 10.0 Å². The molecule has 1 unspecified atom stereocenters. The molecule has 0 aliphatic carbocycles. The van der Waals surface area contributed by atoms with E-state index >= 15 is 0 Å². The number of hydrogen-bond donors (Lipinski definition) is 1. The summed E-state index contributed by atoms with van der Waals surface area (Å²) in [5, 5.41) is 12.4. The largest absolute Gasteiger partial charge is 0.411 e. The molecule has 0 aromatic heterocycles. The lowest BCUT2D eigenvalue weighted by molar-refractivity contribution is 0.0729. The maximum absolute atomic E-state index is 12.5. The summed E-state index contributed by atoms with van der Waals surface area (Å²) in [7, 11) is 3.95. The molecule has 1 amide bonds. The second kappa shape index (κ2) is 6.61. The highest BCUT2D eigenvalue weighted by molar-refractivity contribution is 5.96. The Morgan fingerprint density at radius 2 is 2.05 bits per heavy atom. The minimum Gasteiger partial charge on any atom is -0.411 e. The van der Waals surface area contributed by atoms with Crippen molar-refractivity contribution in [1.29, 1.82) is 0 Å². The van der Waals surface area contributed by atoms with Gasteiger partial charge in [-0.25, -0.2) is 0 Å². The Hall–Kier alpha value is -2.04. The van der Waals surface area contributed by atoms with Gasteiger partial charge in [0.1, 0.15) is 0 Å². The standard InChI is InChI=1S/C16H23N3O2/c1-4-12-11-19(10-9-15(12)17-21)16(20)13-5-7-14(8-6-13)18(2)3/h5-8,12,21H,4,9-11H2,1-3H3/b17-15+. The zero-order valence-corrected chi connectivity index (χ0v) is 12.9. The summed E-state index contributed by atoms with van der Waals surface area (Å²) in [4.78, 5) is 16.4. The smallest absolute Gasteiger partial charge is 0.253 e. The van der Waals surface area contributed by atoms with E-state index in [2.05, 4.69) is 12.1 Å². The van der Waals surface area contributed by atoms with Gasteiger partial charge in [0.2, 0.25) is 0 Å².